The third-order valence-electron chi connectivity index (χ3n) is 5.94. The fraction of sp³-hybridized carbons (Fsp3) is 0.367. The lowest BCUT2D eigenvalue weighted by Gasteiger charge is -2.23. The Balaban J connectivity index is 2.11. The first-order valence-corrected chi connectivity index (χ1v) is 12.6. The number of ether oxygens (including phenoxy) is 1. The maximum atomic E-state index is 13.2. The van der Waals surface area contributed by atoms with E-state index in [0.717, 1.165) is 11.1 Å². The molecule has 0 aliphatic carbocycles. The number of aliphatic hydroxyl groups excluding tert-OH is 1. The van der Waals surface area contributed by atoms with Crippen LogP contribution in [0.15, 0.2) is 86.0 Å². The van der Waals surface area contributed by atoms with Crippen molar-refractivity contribution >= 4 is 17.8 Å². The zero-order valence-corrected chi connectivity index (χ0v) is 21.5. The molecule has 0 unspecified atom stereocenters. The van der Waals surface area contributed by atoms with Gasteiger partial charge in [0.05, 0.1) is 25.0 Å². The number of nitrogens with one attached hydrogen (secondary N) is 2. The van der Waals surface area contributed by atoms with Gasteiger partial charge >= 0.3 is 5.97 Å². The number of carbonyl (C=O) groups is 3. The van der Waals surface area contributed by atoms with Gasteiger partial charge in [-0.05, 0) is 37.3 Å². The summed E-state index contributed by atoms with van der Waals surface area (Å²) in [5.41, 5.74) is 1.78. The van der Waals surface area contributed by atoms with Crippen LogP contribution < -0.4 is 10.6 Å². The van der Waals surface area contributed by atoms with Crippen molar-refractivity contribution in [3.8, 4) is 0 Å². The SMILES string of the molecule is C=CC[C@@H](CC(=O)N[C@@H](C)CO)C(=O)NC[C@H](OC(=O)[C@@H](CC=C)Cc1ccccc1)c1ccccc1. The Labute approximate surface area is 219 Å². The molecule has 0 radical (unpaired) electrons. The number of allylic oxidation sites excluding steroid dienone is 2. The van der Waals surface area contributed by atoms with E-state index in [4.69, 9.17) is 9.84 Å². The molecule has 0 aliphatic heterocycles. The topological polar surface area (TPSA) is 105 Å². The third-order valence-corrected chi connectivity index (χ3v) is 5.94. The predicted molar refractivity (Wildman–Crippen MR) is 144 cm³/mol. The summed E-state index contributed by atoms with van der Waals surface area (Å²) < 4.78 is 5.93. The van der Waals surface area contributed by atoms with Gasteiger partial charge in [-0.15, -0.1) is 13.2 Å². The maximum absolute atomic E-state index is 13.2. The summed E-state index contributed by atoms with van der Waals surface area (Å²) in [4.78, 5) is 38.5. The second-order valence-electron chi connectivity index (χ2n) is 9.07. The zero-order chi connectivity index (χ0) is 27.0. The maximum Gasteiger partial charge on any atom is 0.310 e. The third kappa shape index (κ3) is 10.4. The molecule has 2 rings (SSSR count). The fourth-order valence-corrected chi connectivity index (χ4v) is 3.92. The van der Waals surface area contributed by atoms with Gasteiger partial charge in [-0.2, -0.15) is 0 Å². The first-order valence-electron chi connectivity index (χ1n) is 12.6. The minimum Gasteiger partial charge on any atom is -0.455 e. The van der Waals surface area contributed by atoms with Gasteiger partial charge in [-0.25, -0.2) is 0 Å². The highest BCUT2D eigenvalue weighted by Crippen LogP contribution is 2.22. The van der Waals surface area contributed by atoms with E-state index in [1.807, 2.05) is 60.7 Å². The number of carbonyl (C=O) groups excluding carboxylic acids is 3. The number of benzene rings is 2. The Bertz CT molecular complexity index is 1010. The molecule has 0 saturated carbocycles. The highest BCUT2D eigenvalue weighted by atomic mass is 16.5. The lowest BCUT2D eigenvalue weighted by molar-refractivity contribution is -0.154. The van der Waals surface area contributed by atoms with Crippen LogP contribution >= 0.6 is 0 Å². The van der Waals surface area contributed by atoms with E-state index in [9.17, 15) is 14.4 Å². The smallest absolute Gasteiger partial charge is 0.310 e. The van der Waals surface area contributed by atoms with E-state index < -0.39 is 24.0 Å². The minimum absolute atomic E-state index is 0.0452. The summed E-state index contributed by atoms with van der Waals surface area (Å²) in [5, 5.41) is 14.7. The molecule has 2 aromatic rings. The summed E-state index contributed by atoms with van der Waals surface area (Å²) >= 11 is 0. The number of amides is 2. The molecule has 4 atom stereocenters. The lowest BCUT2D eigenvalue weighted by Crippen LogP contribution is -2.40. The molecule has 7 heteroatoms. The molecule has 0 aliphatic rings. The van der Waals surface area contributed by atoms with Gasteiger partial charge in [-0.3, -0.25) is 14.4 Å². The minimum atomic E-state index is -0.701. The monoisotopic (exact) mass is 506 g/mol. The summed E-state index contributed by atoms with van der Waals surface area (Å²) in [6, 6.07) is 18.6. The van der Waals surface area contributed by atoms with Crippen molar-refractivity contribution in [2.45, 2.75) is 44.8 Å². The molecule has 0 saturated heterocycles. The average molecular weight is 507 g/mol. The first kappa shape index (κ1) is 29.5. The molecule has 0 fully saturated rings. The van der Waals surface area contributed by atoms with Crippen LogP contribution in [0.4, 0.5) is 0 Å². The van der Waals surface area contributed by atoms with Crippen LogP contribution in [0.5, 0.6) is 0 Å². The Morgan fingerprint density at radius 3 is 2.14 bits per heavy atom. The van der Waals surface area contributed by atoms with Crippen LogP contribution in [0.3, 0.4) is 0 Å². The Morgan fingerprint density at radius 1 is 0.946 bits per heavy atom. The number of esters is 1. The highest BCUT2D eigenvalue weighted by molar-refractivity contribution is 5.86. The van der Waals surface area contributed by atoms with Gasteiger partial charge in [0.25, 0.3) is 0 Å². The van der Waals surface area contributed by atoms with Crippen LogP contribution in [0.1, 0.15) is 43.4 Å². The highest BCUT2D eigenvalue weighted by Gasteiger charge is 2.26. The van der Waals surface area contributed by atoms with E-state index in [1.165, 1.54) is 0 Å². The quantitative estimate of drug-likeness (QED) is 0.237. The molecule has 0 spiro atoms. The van der Waals surface area contributed by atoms with Crippen molar-refractivity contribution in [3.63, 3.8) is 0 Å². The zero-order valence-electron chi connectivity index (χ0n) is 21.5. The number of hydrogen-bond donors (Lipinski definition) is 3. The molecule has 7 nitrogen and oxygen atoms in total. The lowest BCUT2D eigenvalue weighted by atomic mass is 9.96. The van der Waals surface area contributed by atoms with E-state index >= 15 is 0 Å². The molecule has 2 aromatic carbocycles. The average Bonchev–Trinajstić information content (AvgIpc) is 2.91. The molecule has 37 heavy (non-hydrogen) atoms. The largest absolute Gasteiger partial charge is 0.455 e. The van der Waals surface area contributed by atoms with Crippen LogP contribution in [0.25, 0.3) is 0 Å². The molecule has 0 bridgehead atoms. The molecule has 3 N–H and O–H groups in total. The number of rotatable bonds is 16. The Kier molecular flexibility index (Phi) is 12.9. The van der Waals surface area contributed by atoms with Crippen molar-refractivity contribution in [1.29, 1.82) is 0 Å². The van der Waals surface area contributed by atoms with Crippen LogP contribution in [-0.2, 0) is 25.5 Å². The van der Waals surface area contributed by atoms with Crippen molar-refractivity contribution in [2.24, 2.45) is 11.8 Å². The van der Waals surface area contributed by atoms with Crippen LogP contribution in [0, 0.1) is 11.8 Å². The fourth-order valence-electron chi connectivity index (χ4n) is 3.92. The van der Waals surface area contributed by atoms with Gasteiger partial charge in [-0.1, -0.05) is 72.8 Å². The van der Waals surface area contributed by atoms with Crippen molar-refractivity contribution in [2.75, 3.05) is 13.2 Å². The molecule has 0 aromatic heterocycles. The normalized spacial score (nSPS) is 13.9. The Hall–Kier alpha value is -3.71. The van der Waals surface area contributed by atoms with E-state index in [-0.39, 0.29) is 37.4 Å². The second-order valence-corrected chi connectivity index (χ2v) is 9.07. The molecule has 0 heterocycles. The summed E-state index contributed by atoms with van der Waals surface area (Å²) in [6.07, 6.45) is 3.83. The van der Waals surface area contributed by atoms with Gasteiger partial charge in [0, 0.05) is 12.5 Å². The summed E-state index contributed by atoms with van der Waals surface area (Å²) in [6.45, 7) is 9.02. The second kappa shape index (κ2) is 16.1. The number of hydrogen-bond acceptors (Lipinski definition) is 5. The van der Waals surface area contributed by atoms with Gasteiger partial charge in [0.15, 0.2) is 0 Å². The standard InChI is InChI=1S/C30H38N2O5/c1-4-12-25(19-28(34)32-22(3)21-33)29(35)31-20-27(24-16-10-7-11-17-24)37-30(36)26(13-5-2)18-23-14-8-6-9-15-23/h4-11,14-17,22,25-27,33H,1-2,12-13,18-21H2,3H3,(H,31,35)(H,32,34)/t22-,25-,26-,27-/m0/s1. The van der Waals surface area contributed by atoms with E-state index in [1.54, 1.807) is 19.1 Å². The molecular formula is C30H38N2O5. The number of aliphatic hydroxyl groups is 1. The van der Waals surface area contributed by atoms with Crippen LogP contribution in [-0.4, -0.2) is 42.1 Å². The Morgan fingerprint density at radius 2 is 1.54 bits per heavy atom. The summed E-state index contributed by atoms with van der Waals surface area (Å²) in [5.74, 6) is -2.08. The van der Waals surface area contributed by atoms with Crippen molar-refractivity contribution in [3.05, 3.63) is 97.1 Å². The van der Waals surface area contributed by atoms with Crippen molar-refractivity contribution in [1.82, 2.24) is 10.6 Å². The van der Waals surface area contributed by atoms with Gasteiger partial charge in [0.1, 0.15) is 6.10 Å². The molecule has 198 valence electrons. The van der Waals surface area contributed by atoms with E-state index in [2.05, 4.69) is 23.8 Å². The predicted octanol–water partition coefficient (Wildman–Crippen LogP) is 3.90. The first-order chi connectivity index (χ1) is 17.9. The van der Waals surface area contributed by atoms with E-state index in [0.29, 0.717) is 19.3 Å². The van der Waals surface area contributed by atoms with Crippen LogP contribution in [0.2, 0.25) is 0 Å². The van der Waals surface area contributed by atoms with Crippen molar-refractivity contribution < 1.29 is 24.2 Å². The van der Waals surface area contributed by atoms with Gasteiger partial charge < -0.3 is 20.5 Å². The summed E-state index contributed by atoms with van der Waals surface area (Å²) in [7, 11) is 0. The molecule has 2 amide bonds. The molecular weight excluding hydrogens is 468 g/mol. The van der Waals surface area contributed by atoms with Gasteiger partial charge in [0.2, 0.25) is 11.8 Å².